The molecule has 1 aromatic heterocycles. The lowest BCUT2D eigenvalue weighted by atomic mass is 9.79. The number of hydrogen-bond donors (Lipinski definition) is 5. The van der Waals surface area contributed by atoms with E-state index in [4.69, 9.17) is 14.6 Å². The lowest BCUT2D eigenvalue weighted by molar-refractivity contribution is -0.143. The number of carboxylic acid groups (broad SMARTS) is 1. The molecule has 3 aromatic rings. The molecule has 15 heteroatoms. The second-order valence-corrected chi connectivity index (χ2v) is 21.1. The maximum absolute atomic E-state index is 14.5. The van der Waals surface area contributed by atoms with Gasteiger partial charge in [0.05, 0.1) is 42.7 Å². The molecule has 2 aromatic carbocycles. The molecule has 15 nitrogen and oxygen atoms in total. The first-order valence-electron chi connectivity index (χ1n) is 26.6. The monoisotopic (exact) mass is 1000 g/mol. The van der Waals surface area contributed by atoms with Crippen molar-refractivity contribution in [2.75, 3.05) is 34.4 Å². The number of ketones is 1. The molecule has 2 heterocycles. The van der Waals surface area contributed by atoms with Crippen LogP contribution in [0.2, 0.25) is 0 Å². The number of unbranched alkanes of at least 4 members (excludes halogenated alkanes) is 2. The molecule has 0 bridgehead atoms. The molecule has 1 aliphatic heterocycles. The van der Waals surface area contributed by atoms with E-state index in [9.17, 15) is 28.8 Å². The van der Waals surface area contributed by atoms with Crippen LogP contribution in [0.4, 0.5) is 0 Å². The number of ether oxygens (including phenoxy) is 2. The number of amides is 4. The maximum atomic E-state index is 14.5. The number of likely N-dealkylation sites (tertiary alicyclic amines) is 1. The van der Waals surface area contributed by atoms with Gasteiger partial charge in [0.15, 0.2) is 5.78 Å². The summed E-state index contributed by atoms with van der Waals surface area (Å²) in [6.45, 7) is 17.3. The van der Waals surface area contributed by atoms with Crippen LogP contribution in [0.3, 0.4) is 0 Å². The minimum absolute atomic E-state index is 0.0106. The van der Waals surface area contributed by atoms with Crippen molar-refractivity contribution < 1.29 is 43.3 Å². The van der Waals surface area contributed by atoms with E-state index < -0.39 is 42.2 Å². The zero-order valence-corrected chi connectivity index (χ0v) is 45.2. The fraction of sp³-hybridized carbons (Fsp3) is 0.649. The highest BCUT2D eigenvalue weighted by molar-refractivity contribution is 5.92. The zero-order valence-electron chi connectivity index (χ0n) is 45.2. The van der Waals surface area contributed by atoms with Crippen LogP contribution < -0.4 is 16.0 Å². The van der Waals surface area contributed by atoms with Gasteiger partial charge in [-0.05, 0) is 93.0 Å². The van der Waals surface area contributed by atoms with Gasteiger partial charge >= 0.3 is 5.97 Å². The number of benzene rings is 2. The number of methoxy groups -OCH3 is 2. The molecule has 5 N–H and O–H groups in total. The van der Waals surface area contributed by atoms with Gasteiger partial charge in [-0.15, -0.1) is 0 Å². The second kappa shape index (κ2) is 29.5. The highest BCUT2D eigenvalue weighted by Crippen LogP contribution is 2.33. The zero-order chi connectivity index (χ0) is 53.1. The minimum atomic E-state index is -0.876. The van der Waals surface area contributed by atoms with E-state index >= 15 is 0 Å². The fourth-order valence-corrected chi connectivity index (χ4v) is 10.7. The molecule has 72 heavy (non-hydrogen) atoms. The fourth-order valence-electron chi connectivity index (χ4n) is 10.7. The molecule has 10 atom stereocenters. The van der Waals surface area contributed by atoms with Gasteiger partial charge in [0.25, 0.3) is 0 Å². The van der Waals surface area contributed by atoms with Crippen molar-refractivity contribution in [1.29, 1.82) is 0 Å². The van der Waals surface area contributed by atoms with Crippen LogP contribution in [0, 0.1) is 35.5 Å². The van der Waals surface area contributed by atoms with Crippen molar-refractivity contribution in [2.45, 2.75) is 169 Å². The van der Waals surface area contributed by atoms with Gasteiger partial charge in [-0.3, -0.25) is 33.7 Å². The Kier molecular flexibility index (Phi) is 24.4. The molecule has 0 spiro atoms. The highest BCUT2D eigenvalue weighted by Gasteiger charge is 2.42. The molecule has 0 aliphatic carbocycles. The first-order valence-corrected chi connectivity index (χ1v) is 26.6. The average molecular weight is 1000 g/mol. The van der Waals surface area contributed by atoms with E-state index in [1.165, 1.54) is 0 Å². The van der Waals surface area contributed by atoms with E-state index in [0.717, 1.165) is 47.7 Å². The predicted molar refractivity (Wildman–Crippen MR) is 283 cm³/mol. The molecule has 1 aliphatic rings. The molecule has 0 radical (unpaired) electrons. The summed E-state index contributed by atoms with van der Waals surface area (Å²) in [6.07, 6.45) is 6.91. The third-order valence-corrected chi connectivity index (χ3v) is 15.2. The van der Waals surface area contributed by atoms with Crippen LogP contribution in [-0.2, 0) is 51.2 Å². The summed E-state index contributed by atoms with van der Waals surface area (Å²) in [4.78, 5) is 88.8. The smallest absolute Gasteiger partial charge is 0.303 e. The number of H-pyrrole nitrogens is 1. The summed E-state index contributed by atoms with van der Waals surface area (Å²) in [5.74, 6) is -2.82. The van der Waals surface area contributed by atoms with Crippen LogP contribution in [0.1, 0.15) is 131 Å². The standard InChI is InChI=1S/C57H88N6O9/c1-12-38(6)43(29-28-39(7)53(67)51(36(2)3)61-57(70)52(37(4)5)62(9)30-20-14-17-27-50(65)66)48(71-10)33-49(64)63-31-21-26-47(63)54(72-11)40(8)55(68)60-46(56(69)59-34-41-22-15-13-16-23-41)32-42-35-58-45-25-19-18-24-44(42)45/h13,15-16,18-19,22-25,35-40,43,46-48,51-52,54,58H,12,14,17,20-21,26-34H2,1-11H3,(H,59,69)(H,60,68)(H,61,70)(H,65,66). The van der Waals surface area contributed by atoms with Crippen LogP contribution in [0.25, 0.3) is 10.9 Å². The Morgan fingerprint density at radius 1 is 0.833 bits per heavy atom. The van der Waals surface area contributed by atoms with Crippen molar-refractivity contribution in [3.05, 3.63) is 71.9 Å². The summed E-state index contributed by atoms with van der Waals surface area (Å²) < 4.78 is 12.2. The molecule has 1 fully saturated rings. The Morgan fingerprint density at radius 2 is 1.53 bits per heavy atom. The molecular weight excluding hydrogens is 913 g/mol. The number of rotatable bonds is 32. The summed E-state index contributed by atoms with van der Waals surface area (Å²) >= 11 is 0. The van der Waals surface area contributed by atoms with E-state index in [-0.39, 0.29) is 84.3 Å². The van der Waals surface area contributed by atoms with Crippen LogP contribution in [0.15, 0.2) is 60.8 Å². The number of aromatic nitrogens is 1. The lowest BCUT2D eigenvalue weighted by Gasteiger charge is -2.36. The second-order valence-electron chi connectivity index (χ2n) is 21.1. The van der Waals surface area contributed by atoms with Gasteiger partial charge in [-0.2, -0.15) is 0 Å². The topological polar surface area (TPSA) is 199 Å². The van der Waals surface area contributed by atoms with Gasteiger partial charge in [0.2, 0.25) is 23.6 Å². The molecule has 4 amide bonds. The Bertz CT molecular complexity index is 2180. The van der Waals surface area contributed by atoms with Crippen molar-refractivity contribution in [1.82, 2.24) is 30.7 Å². The van der Waals surface area contributed by atoms with Crippen molar-refractivity contribution in [2.24, 2.45) is 35.5 Å². The van der Waals surface area contributed by atoms with Crippen molar-refractivity contribution in [3.63, 3.8) is 0 Å². The lowest BCUT2D eigenvalue weighted by Crippen LogP contribution is -2.55. The molecule has 1 saturated heterocycles. The Morgan fingerprint density at radius 3 is 2.17 bits per heavy atom. The molecule has 400 valence electrons. The Hall–Kier alpha value is -5.12. The highest BCUT2D eigenvalue weighted by atomic mass is 16.5. The van der Waals surface area contributed by atoms with Gasteiger partial charge in [-0.1, -0.05) is 117 Å². The number of nitrogens with zero attached hydrogens (tertiary/aromatic N) is 2. The summed E-state index contributed by atoms with van der Waals surface area (Å²) in [5.41, 5.74) is 2.79. The number of aromatic amines is 1. The third kappa shape index (κ3) is 17.0. The number of fused-ring (bicyclic) bond motifs is 1. The van der Waals surface area contributed by atoms with Crippen LogP contribution in [0.5, 0.6) is 0 Å². The first kappa shape index (κ1) is 59.4. The third-order valence-electron chi connectivity index (χ3n) is 15.2. The van der Waals surface area contributed by atoms with Crippen LogP contribution in [-0.4, -0.2) is 126 Å². The molecule has 0 saturated carbocycles. The number of carbonyl (C=O) groups is 6. The Balaban J connectivity index is 1.42. The quantitative estimate of drug-likeness (QED) is 0.0383. The SMILES string of the molecule is CCC(C)C(CCC(C)C(=O)C(NC(=O)C(C(C)C)N(C)CCCCCC(=O)O)C(C)C)C(CC(=O)N1CCCC1C(OC)C(C)C(=O)NC(Cc1c[nH]c2ccccc12)C(=O)NCc1ccccc1)OC. The largest absolute Gasteiger partial charge is 0.481 e. The summed E-state index contributed by atoms with van der Waals surface area (Å²) in [7, 11) is 5.11. The number of para-hydroxylation sites is 1. The normalized spacial score (nSPS) is 17.8. The average Bonchev–Trinajstić information content (AvgIpc) is 4.01. The number of likely N-dealkylation sites (N-methyl/N-ethyl adjacent to an activating group) is 1. The molecule has 10 unspecified atom stereocenters. The summed E-state index contributed by atoms with van der Waals surface area (Å²) in [6, 6.07) is 15.1. The van der Waals surface area contributed by atoms with E-state index in [1.54, 1.807) is 21.1 Å². The van der Waals surface area contributed by atoms with Crippen molar-refractivity contribution in [3.8, 4) is 0 Å². The number of aliphatic carboxylic acids is 1. The van der Waals surface area contributed by atoms with E-state index in [0.29, 0.717) is 45.3 Å². The maximum Gasteiger partial charge on any atom is 0.303 e. The first-order chi connectivity index (χ1) is 34.3. The van der Waals surface area contributed by atoms with E-state index in [2.05, 4.69) is 34.8 Å². The summed E-state index contributed by atoms with van der Waals surface area (Å²) in [5, 5.41) is 19.2. The minimum Gasteiger partial charge on any atom is -0.481 e. The van der Waals surface area contributed by atoms with Gasteiger partial charge < -0.3 is 40.4 Å². The van der Waals surface area contributed by atoms with Gasteiger partial charge in [0.1, 0.15) is 6.04 Å². The molecular formula is C57H88N6O9. The predicted octanol–water partition coefficient (Wildman–Crippen LogP) is 7.95. The Labute approximate surface area is 429 Å². The van der Waals surface area contributed by atoms with Crippen LogP contribution >= 0.6 is 0 Å². The number of nitrogens with one attached hydrogen (secondary N) is 4. The number of Topliss-reactive ketones (excluding diaryl/α,β-unsaturated/α-hetero) is 1. The van der Waals surface area contributed by atoms with E-state index in [1.807, 2.05) is 112 Å². The number of carboxylic acids is 1. The number of carbonyl (C=O) groups excluding carboxylic acids is 5. The number of hydrogen-bond acceptors (Lipinski definition) is 9. The van der Waals surface area contributed by atoms with Crippen molar-refractivity contribution >= 4 is 46.3 Å². The molecule has 4 rings (SSSR count). The van der Waals surface area contributed by atoms with Gasteiger partial charge in [-0.25, -0.2) is 0 Å². The van der Waals surface area contributed by atoms with Gasteiger partial charge in [0, 0.05) is 63.2 Å².